The Labute approximate surface area is 210 Å². The molecule has 1 aromatic heterocycles. The number of benzene rings is 3. The van der Waals surface area contributed by atoms with Crippen LogP contribution in [0.2, 0.25) is 0 Å². The van der Waals surface area contributed by atoms with Crippen LogP contribution in [0.25, 0.3) is 6.08 Å². The average Bonchev–Trinajstić information content (AvgIpc) is 3.47. The van der Waals surface area contributed by atoms with Crippen molar-refractivity contribution in [1.82, 2.24) is 0 Å². The minimum absolute atomic E-state index is 0.582. The summed E-state index contributed by atoms with van der Waals surface area (Å²) in [7, 11) is 0. The first-order chi connectivity index (χ1) is 16.8. The van der Waals surface area contributed by atoms with Gasteiger partial charge < -0.3 is 0 Å². The second-order valence-corrected chi connectivity index (χ2v) is 12.4. The molecular weight excluding hydrogens is 448 g/mol. The first-order valence-corrected chi connectivity index (χ1v) is 14.2. The van der Waals surface area contributed by atoms with Gasteiger partial charge in [0.15, 0.2) is 0 Å². The van der Waals surface area contributed by atoms with E-state index in [0.29, 0.717) is 11.8 Å². The molecule has 3 aliphatic rings. The molecule has 3 atom stereocenters. The summed E-state index contributed by atoms with van der Waals surface area (Å²) in [6.45, 7) is 0. The van der Waals surface area contributed by atoms with Crippen molar-refractivity contribution >= 4 is 29.2 Å². The molecule has 3 unspecified atom stereocenters. The number of thiophene rings is 1. The molecule has 0 saturated heterocycles. The third-order valence-corrected chi connectivity index (χ3v) is 10.5. The van der Waals surface area contributed by atoms with Gasteiger partial charge in [-0.1, -0.05) is 84.9 Å². The Kier molecular flexibility index (Phi) is 5.25. The molecule has 0 nitrogen and oxygen atoms in total. The van der Waals surface area contributed by atoms with E-state index in [9.17, 15) is 0 Å². The number of thioether (sulfide) groups is 1. The molecule has 34 heavy (non-hydrogen) atoms. The van der Waals surface area contributed by atoms with Gasteiger partial charge in [0.1, 0.15) is 0 Å². The van der Waals surface area contributed by atoms with Crippen LogP contribution in [0.4, 0.5) is 0 Å². The lowest BCUT2D eigenvalue weighted by atomic mass is 9.64. The Morgan fingerprint density at radius 3 is 2.35 bits per heavy atom. The summed E-state index contributed by atoms with van der Waals surface area (Å²) >= 11 is 4.23. The molecule has 0 radical (unpaired) electrons. The van der Waals surface area contributed by atoms with E-state index < -0.39 is 0 Å². The predicted molar refractivity (Wildman–Crippen MR) is 146 cm³/mol. The summed E-state index contributed by atoms with van der Waals surface area (Å²) < 4.78 is 0. The van der Waals surface area contributed by atoms with E-state index in [4.69, 9.17) is 0 Å². The lowest BCUT2D eigenvalue weighted by molar-refractivity contribution is 0.611. The van der Waals surface area contributed by atoms with Crippen LogP contribution < -0.4 is 0 Å². The molecule has 3 aromatic carbocycles. The van der Waals surface area contributed by atoms with Gasteiger partial charge in [0, 0.05) is 31.7 Å². The molecule has 0 bridgehead atoms. The highest BCUT2D eigenvalue weighted by atomic mass is 32.2. The fraction of sp³-hybridized carbons (Fsp3) is 0.250. The van der Waals surface area contributed by atoms with E-state index in [-0.39, 0.29) is 0 Å². The Morgan fingerprint density at radius 2 is 1.56 bits per heavy atom. The van der Waals surface area contributed by atoms with Crippen molar-refractivity contribution in [3.05, 3.63) is 128 Å². The zero-order valence-electron chi connectivity index (χ0n) is 19.2. The maximum Gasteiger partial charge on any atom is 0.0297 e. The first-order valence-electron chi connectivity index (χ1n) is 12.5. The molecule has 0 spiro atoms. The van der Waals surface area contributed by atoms with Crippen molar-refractivity contribution in [3.8, 4) is 0 Å². The summed E-state index contributed by atoms with van der Waals surface area (Å²) in [6, 6.07) is 29.2. The summed E-state index contributed by atoms with van der Waals surface area (Å²) in [5.74, 6) is 1.16. The molecule has 4 aromatic rings. The standard InChI is InChI=1S/C32H28S2/c1-3-7-21(8-4-1)11-15-25-19-23-13-17-27-29(31(23)33-25)28-18-14-24-20-26(34-32(24)30(27)28)16-12-22-9-5-2-6-10-22/h1-10,13-14,17-19,26-27,29H,11-12,15-16,20H2. The largest absolute Gasteiger partial charge is 0.144 e. The second kappa shape index (κ2) is 8.59. The third-order valence-electron chi connectivity index (χ3n) is 7.78. The molecule has 0 N–H and O–H groups in total. The average molecular weight is 477 g/mol. The highest BCUT2D eigenvalue weighted by Gasteiger charge is 2.44. The number of fused-ring (bicyclic) bond motifs is 8. The SMILES string of the molecule is C1=CC2c3c(ccc4c3SC(CCc3ccccc3)C4)C2c2sc(CCc3ccccc3)cc21. The maximum atomic E-state index is 2.50. The third kappa shape index (κ3) is 3.59. The topological polar surface area (TPSA) is 0 Å². The van der Waals surface area contributed by atoms with Crippen molar-refractivity contribution in [1.29, 1.82) is 0 Å². The Morgan fingerprint density at radius 1 is 0.794 bits per heavy atom. The van der Waals surface area contributed by atoms with Gasteiger partial charge >= 0.3 is 0 Å². The van der Waals surface area contributed by atoms with Crippen LogP contribution in [-0.2, 0) is 25.7 Å². The van der Waals surface area contributed by atoms with Gasteiger partial charge in [0.2, 0.25) is 0 Å². The van der Waals surface area contributed by atoms with Crippen molar-refractivity contribution in [3.63, 3.8) is 0 Å². The fourth-order valence-corrected chi connectivity index (χ4v) is 8.86. The quantitative estimate of drug-likeness (QED) is 0.269. The Hall–Kier alpha value is -2.55. The number of hydrogen-bond donors (Lipinski definition) is 0. The fourth-order valence-electron chi connectivity index (χ4n) is 6.03. The summed E-state index contributed by atoms with van der Waals surface area (Å²) in [6.07, 6.45) is 10.9. The molecule has 0 saturated carbocycles. The predicted octanol–water partition coefficient (Wildman–Crippen LogP) is 8.44. The highest BCUT2D eigenvalue weighted by molar-refractivity contribution is 8.00. The van der Waals surface area contributed by atoms with E-state index in [1.54, 1.807) is 26.5 Å². The van der Waals surface area contributed by atoms with E-state index in [1.807, 2.05) is 0 Å². The van der Waals surface area contributed by atoms with Gasteiger partial charge in [-0.25, -0.2) is 0 Å². The summed E-state index contributed by atoms with van der Waals surface area (Å²) in [4.78, 5) is 4.75. The highest BCUT2D eigenvalue weighted by Crippen LogP contribution is 2.61. The van der Waals surface area contributed by atoms with Crippen molar-refractivity contribution < 1.29 is 0 Å². The molecule has 2 aliphatic carbocycles. The minimum Gasteiger partial charge on any atom is -0.144 e. The zero-order valence-corrected chi connectivity index (χ0v) is 20.9. The molecule has 2 heteroatoms. The minimum atomic E-state index is 0.582. The van der Waals surface area contributed by atoms with Crippen LogP contribution >= 0.6 is 23.1 Å². The van der Waals surface area contributed by atoms with Gasteiger partial charge in [-0.05, 0) is 71.6 Å². The van der Waals surface area contributed by atoms with Gasteiger partial charge in [0.25, 0.3) is 0 Å². The summed E-state index contributed by atoms with van der Waals surface area (Å²) in [5, 5.41) is 0.718. The Bertz CT molecular complexity index is 1360. The molecule has 168 valence electrons. The molecule has 2 heterocycles. The van der Waals surface area contributed by atoms with Crippen LogP contribution in [0, 0.1) is 0 Å². The van der Waals surface area contributed by atoms with Crippen LogP contribution in [0.5, 0.6) is 0 Å². The van der Waals surface area contributed by atoms with E-state index in [1.165, 1.54) is 40.8 Å². The van der Waals surface area contributed by atoms with Gasteiger partial charge in [-0.2, -0.15) is 0 Å². The van der Waals surface area contributed by atoms with Crippen LogP contribution in [-0.4, -0.2) is 5.25 Å². The smallest absolute Gasteiger partial charge is 0.0297 e. The zero-order chi connectivity index (χ0) is 22.5. The Balaban J connectivity index is 1.09. The van der Waals surface area contributed by atoms with Gasteiger partial charge in [0.05, 0.1) is 0 Å². The van der Waals surface area contributed by atoms with Crippen molar-refractivity contribution in [2.45, 2.75) is 54.1 Å². The molecule has 7 rings (SSSR count). The van der Waals surface area contributed by atoms with E-state index in [2.05, 4.69) is 114 Å². The molecular formula is C32H28S2. The van der Waals surface area contributed by atoms with Crippen LogP contribution in [0.15, 0.2) is 89.8 Å². The molecule has 0 fully saturated rings. The van der Waals surface area contributed by atoms with Crippen molar-refractivity contribution in [2.75, 3.05) is 0 Å². The normalized spacial score (nSPS) is 21.4. The maximum absolute atomic E-state index is 2.50. The van der Waals surface area contributed by atoms with Crippen LogP contribution in [0.3, 0.4) is 0 Å². The lowest BCUT2D eigenvalue weighted by Gasteiger charge is -2.41. The van der Waals surface area contributed by atoms with E-state index >= 15 is 0 Å². The van der Waals surface area contributed by atoms with Gasteiger partial charge in [-0.3, -0.25) is 0 Å². The molecule has 1 aliphatic heterocycles. The van der Waals surface area contributed by atoms with E-state index in [0.717, 1.165) is 18.1 Å². The van der Waals surface area contributed by atoms with Crippen LogP contribution in [0.1, 0.15) is 61.4 Å². The number of allylic oxidation sites excluding steroid dienone is 1. The van der Waals surface area contributed by atoms with Gasteiger partial charge in [-0.15, -0.1) is 23.1 Å². The lowest BCUT2D eigenvalue weighted by Crippen LogP contribution is -2.26. The summed E-state index contributed by atoms with van der Waals surface area (Å²) in [5.41, 5.74) is 9.21. The monoisotopic (exact) mass is 476 g/mol. The number of aryl methyl sites for hydroxylation is 3. The second-order valence-electron chi connectivity index (χ2n) is 9.91. The molecule has 0 amide bonds. The number of hydrogen-bond acceptors (Lipinski definition) is 2. The first kappa shape index (κ1) is 20.8. The van der Waals surface area contributed by atoms with Crippen molar-refractivity contribution in [2.24, 2.45) is 0 Å². The number of rotatable bonds is 6.